The van der Waals surface area contributed by atoms with Crippen LogP contribution in [0.15, 0.2) is 42.5 Å². The van der Waals surface area contributed by atoms with E-state index in [1.54, 1.807) is 0 Å². The fourth-order valence-electron chi connectivity index (χ4n) is 2.30. The third kappa shape index (κ3) is 4.09. The van der Waals surface area contributed by atoms with Crippen molar-refractivity contribution in [2.75, 3.05) is 17.2 Å². The van der Waals surface area contributed by atoms with Gasteiger partial charge < -0.3 is 10.6 Å². The van der Waals surface area contributed by atoms with Crippen LogP contribution in [0.4, 0.5) is 11.4 Å². The quantitative estimate of drug-likeness (QED) is 0.868. The molecule has 3 heteroatoms. The third-order valence-corrected chi connectivity index (χ3v) is 3.56. The van der Waals surface area contributed by atoms with E-state index in [0.717, 1.165) is 22.5 Å². The largest absolute Gasteiger partial charge is 0.384 e. The van der Waals surface area contributed by atoms with Gasteiger partial charge in [0.2, 0.25) is 5.91 Å². The third-order valence-electron chi connectivity index (χ3n) is 3.56. The number of nitrogens with one attached hydrogen (secondary N) is 2. The number of carbonyl (C=O) groups excluding carboxylic acids is 1. The van der Waals surface area contributed by atoms with Crippen molar-refractivity contribution in [2.45, 2.75) is 27.2 Å². The van der Waals surface area contributed by atoms with E-state index in [9.17, 15) is 4.79 Å². The fourth-order valence-corrected chi connectivity index (χ4v) is 2.30. The van der Waals surface area contributed by atoms with Crippen LogP contribution in [0.1, 0.15) is 23.1 Å². The molecule has 1 amide bonds. The summed E-state index contributed by atoms with van der Waals surface area (Å²) in [5.41, 5.74) is 5.38. The minimum absolute atomic E-state index is 0.0356. The number of aryl methyl sites for hydroxylation is 3. The monoisotopic (exact) mass is 282 g/mol. The molecule has 2 rings (SSSR count). The molecule has 0 aliphatic carbocycles. The van der Waals surface area contributed by atoms with Gasteiger partial charge in [0.25, 0.3) is 0 Å². The van der Waals surface area contributed by atoms with Crippen molar-refractivity contribution in [3.8, 4) is 0 Å². The number of carbonyl (C=O) groups is 1. The molecule has 0 spiro atoms. The molecule has 0 saturated heterocycles. The van der Waals surface area contributed by atoms with E-state index in [1.165, 1.54) is 5.56 Å². The van der Waals surface area contributed by atoms with Crippen LogP contribution < -0.4 is 10.6 Å². The smallest absolute Gasteiger partial charge is 0.226 e. The van der Waals surface area contributed by atoms with E-state index in [-0.39, 0.29) is 5.91 Å². The van der Waals surface area contributed by atoms with Crippen LogP contribution in [-0.2, 0) is 4.79 Å². The number of benzene rings is 2. The first kappa shape index (κ1) is 15.1. The van der Waals surface area contributed by atoms with Crippen LogP contribution >= 0.6 is 0 Å². The summed E-state index contributed by atoms with van der Waals surface area (Å²) in [5.74, 6) is 0.0356. The van der Waals surface area contributed by atoms with Gasteiger partial charge in [-0.3, -0.25) is 4.79 Å². The summed E-state index contributed by atoms with van der Waals surface area (Å²) in [5, 5.41) is 6.30. The number of hydrogen-bond donors (Lipinski definition) is 2. The Morgan fingerprint density at radius 3 is 2.19 bits per heavy atom. The standard InChI is InChI=1S/C18H22N2O/c1-13-7-4-5-10-16(13)19-12-11-17(21)20-18-14(2)8-6-9-15(18)3/h4-10,19H,11-12H2,1-3H3,(H,20,21). The van der Waals surface area contributed by atoms with Crippen LogP contribution in [0, 0.1) is 20.8 Å². The number of hydrogen-bond acceptors (Lipinski definition) is 2. The summed E-state index contributed by atoms with van der Waals surface area (Å²) in [6.07, 6.45) is 0.447. The van der Waals surface area contributed by atoms with Crippen LogP contribution in [-0.4, -0.2) is 12.5 Å². The second-order valence-corrected chi connectivity index (χ2v) is 5.31. The van der Waals surface area contributed by atoms with Gasteiger partial charge >= 0.3 is 0 Å². The Morgan fingerprint density at radius 2 is 1.52 bits per heavy atom. The Morgan fingerprint density at radius 1 is 0.905 bits per heavy atom. The second kappa shape index (κ2) is 6.93. The Kier molecular flexibility index (Phi) is 4.99. The van der Waals surface area contributed by atoms with Crippen molar-refractivity contribution in [1.29, 1.82) is 0 Å². The molecule has 2 N–H and O–H groups in total. The lowest BCUT2D eigenvalue weighted by molar-refractivity contribution is -0.115. The van der Waals surface area contributed by atoms with Crippen molar-refractivity contribution >= 4 is 17.3 Å². The van der Waals surface area contributed by atoms with E-state index in [2.05, 4.69) is 23.6 Å². The summed E-state index contributed by atoms with van der Waals surface area (Å²) < 4.78 is 0. The van der Waals surface area contributed by atoms with Gasteiger partial charge in [0.05, 0.1) is 0 Å². The van der Waals surface area contributed by atoms with E-state index < -0.39 is 0 Å². The van der Waals surface area contributed by atoms with Gasteiger partial charge in [-0.15, -0.1) is 0 Å². The molecule has 2 aromatic carbocycles. The molecule has 21 heavy (non-hydrogen) atoms. The fraction of sp³-hybridized carbons (Fsp3) is 0.278. The maximum atomic E-state index is 12.0. The summed E-state index contributed by atoms with van der Waals surface area (Å²) in [4.78, 5) is 12.0. The molecule has 0 aliphatic rings. The molecule has 0 radical (unpaired) electrons. The maximum Gasteiger partial charge on any atom is 0.226 e. The van der Waals surface area contributed by atoms with E-state index in [4.69, 9.17) is 0 Å². The lowest BCUT2D eigenvalue weighted by Crippen LogP contribution is -2.17. The van der Waals surface area contributed by atoms with Gasteiger partial charge in [0, 0.05) is 24.3 Å². The molecule has 110 valence electrons. The zero-order chi connectivity index (χ0) is 15.2. The predicted molar refractivity (Wildman–Crippen MR) is 88.8 cm³/mol. The van der Waals surface area contributed by atoms with Crippen LogP contribution in [0.25, 0.3) is 0 Å². The van der Waals surface area contributed by atoms with Crippen molar-refractivity contribution in [1.82, 2.24) is 0 Å². The Balaban J connectivity index is 1.87. The molecule has 2 aromatic rings. The summed E-state index contributed by atoms with van der Waals surface area (Å²) >= 11 is 0. The topological polar surface area (TPSA) is 41.1 Å². The average Bonchev–Trinajstić information content (AvgIpc) is 2.45. The molecule has 0 fully saturated rings. The molecule has 0 atom stereocenters. The molecule has 0 heterocycles. The van der Waals surface area contributed by atoms with Crippen LogP contribution in [0.3, 0.4) is 0 Å². The van der Waals surface area contributed by atoms with E-state index in [1.807, 2.05) is 50.2 Å². The highest BCUT2D eigenvalue weighted by Crippen LogP contribution is 2.19. The highest BCUT2D eigenvalue weighted by atomic mass is 16.1. The molecular weight excluding hydrogens is 260 g/mol. The number of para-hydroxylation sites is 2. The first-order valence-electron chi connectivity index (χ1n) is 7.23. The summed E-state index contributed by atoms with van der Waals surface area (Å²) in [7, 11) is 0. The van der Waals surface area contributed by atoms with Gasteiger partial charge in [-0.25, -0.2) is 0 Å². The highest BCUT2D eigenvalue weighted by molar-refractivity contribution is 5.92. The van der Waals surface area contributed by atoms with Gasteiger partial charge in [-0.2, -0.15) is 0 Å². The molecular formula is C18H22N2O. The average molecular weight is 282 g/mol. The van der Waals surface area contributed by atoms with Crippen molar-refractivity contribution in [3.05, 3.63) is 59.2 Å². The first-order valence-corrected chi connectivity index (χ1v) is 7.23. The summed E-state index contributed by atoms with van der Waals surface area (Å²) in [6.45, 7) is 6.70. The van der Waals surface area contributed by atoms with Crippen molar-refractivity contribution in [2.24, 2.45) is 0 Å². The Labute approximate surface area is 126 Å². The minimum Gasteiger partial charge on any atom is -0.384 e. The molecule has 0 aromatic heterocycles. The Bertz CT molecular complexity index is 615. The lowest BCUT2D eigenvalue weighted by atomic mass is 10.1. The van der Waals surface area contributed by atoms with Gasteiger partial charge in [0.15, 0.2) is 0 Å². The lowest BCUT2D eigenvalue weighted by Gasteiger charge is -2.12. The summed E-state index contributed by atoms with van der Waals surface area (Å²) in [6, 6.07) is 14.1. The Hall–Kier alpha value is -2.29. The van der Waals surface area contributed by atoms with Crippen LogP contribution in [0.5, 0.6) is 0 Å². The van der Waals surface area contributed by atoms with Gasteiger partial charge in [0.1, 0.15) is 0 Å². The molecule has 3 nitrogen and oxygen atoms in total. The molecule has 0 aliphatic heterocycles. The predicted octanol–water partition coefficient (Wildman–Crippen LogP) is 4.05. The first-order chi connectivity index (χ1) is 10.1. The maximum absolute atomic E-state index is 12.0. The molecule has 0 bridgehead atoms. The number of rotatable bonds is 5. The van der Waals surface area contributed by atoms with Crippen LogP contribution in [0.2, 0.25) is 0 Å². The number of amides is 1. The zero-order valence-corrected chi connectivity index (χ0v) is 12.9. The van der Waals surface area contributed by atoms with Crippen molar-refractivity contribution in [3.63, 3.8) is 0 Å². The molecule has 0 saturated carbocycles. The minimum atomic E-state index is 0.0356. The molecule has 0 unspecified atom stereocenters. The normalized spacial score (nSPS) is 10.2. The van der Waals surface area contributed by atoms with E-state index >= 15 is 0 Å². The highest BCUT2D eigenvalue weighted by Gasteiger charge is 2.07. The number of anilines is 2. The SMILES string of the molecule is Cc1ccccc1NCCC(=O)Nc1c(C)cccc1C. The van der Waals surface area contributed by atoms with Gasteiger partial charge in [-0.1, -0.05) is 36.4 Å². The second-order valence-electron chi connectivity index (χ2n) is 5.31. The van der Waals surface area contributed by atoms with E-state index in [0.29, 0.717) is 13.0 Å². The van der Waals surface area contributed by atoms with Gasteiger partial charge in [-0.05, 0) is 43.5 Å². The zero-order valence-electron chi connectivity index (χ0n) is 12.9. The van der Waals surface area contributed by atoms with Crippen molar-refractivity contribution < 1.29 is 4.79 Å².